The highest BCUT2D eigenvalue weighted by molar-refractivity contribution is 5.78. The van der Waals surface area contributed by atoms with Crippen molar-refractivity contribution >= 4 is 5.69 Å². The van der Waals surface area contributed by atoms with Crippen LogP contribution in [0.5, 0.6) is 5.75 Å². The zero-order valence-electron chi connectivity index (χ0n) is 11.6. The molecule has 4 heteroatoms. The monoisotopic (exact) mass is 277 g/mol. The van der Waals surface area contributed by atoms with Crippen LogP contribution >= 0.6 is 0 Å². The maximum Gasteiger partial charge on any atom is 0.147 e. The van der Waals surface area contributed by atoms with E-state index in [9.17, 15) is 5.11 Å². The van der Waals surface area contributed by atoms with Crippen LogP contribution in [-0.4, -0.2) is 14.9 Å². The number of aromatic nitrogens is 2. The Bertz CT molecular complexity index is 822. The van der Waals surface area contributed by atoms with E-state index in [2.05, 4.69) is 28.6 Å². The predicted octanol–water partition coefficient (Wildman–Crippen LogP) is 3.54. The van der Waals surface area contributed by atoms with Crippen molar-refractivity contribution < 1.29 is 5.11 Å². The minimum atomic E-state index is -0.115. The number of hydrogen-bond acceptors (Lipinski definition) is 3. The molecule has 0 unspecified atom stereocenters. The van der Waals surface area contributed by atoms with E-state index in [-0.39, 0.29) is 11.9 Å². The molecular weight excluding hydrogens is 262 g/mol. The Kier molecular flexibility index (Phi) is 2.51. The normalized spacial score (nSPS) is 16.0. The topological polar surface area (TPSA) is 50.1 Å². The SMILES string of the molecule is Cc1cc2n(n1)[C@H](c1cccc(O)c1)Nc1ccccc1-2. The maximum atomic E-state index is 9.73. The van der Waals surface area contributed by atoms with Gasteiger partial charge in [-0.2, -0.15) is 5.10 Å². The number of para-hydroxylation sites is 1. The van der Waals surface area contributed by atoms with Crippen LogP contribution in [-0.2, 0) is 0 Å². The zero-order valence-corrected chi connectivity index (χ0v) is 11.6. The lowest BCUT2D eigenvalue weighted by Gasteiger charge is -2.29. The second kappa shape index (κ2) is 4.38. The van der Waals surface area contributed by atoms with Gasteiger partial charge in [0.05, 0.1) is 11.4 Å². The third-order valence-electron chi connectivity index (χ3n) is 3.78. The van der Waals surface area contributed by atoms with Crippen LogP contribution in [0.15, 0.2) is 54.6 Å². The molecule has 1 aromatic heterocycles. The van der Waals surface area contributed by atoms with Crippen molar-refractivity contribution in [2.45, 2.75) is 13.1 Å². The van der Waals surface area contributed by atoms with Gasteiger partial charge in [0.25, 0.3) is 0 Å². The van der Waals surface area contributed by atoms with Crippen LogP contribution < -0.4 is 5.32 Å². The first-order chi connectivity index (χ1) is 10.2. The van der Waals surface area contributed by atoms with Crippen molar-refractivity contribution in [1.29, 1.82) is 0 Å². The van der Waals surface area contributed by atoms with Gasteiger partial charge in [-0.05, 0) is 31.2 Å². The van der Waals surface area contributed by atoms with Crippen molar-refractivity contribution in [3.8, 4) is 17.0 Å². The molecule has 2 N–H and O–H groups in total. The van der Waals surface area contributed by atoms with E-state index >= 15 is 0 Å². The molecular formula is C17H15N3O. The summed E-state index contributed by atoms with van der Waals surface area (Å²) in [5, 5.41) is 17.8. The number of anilines is 1. The van der Waals surface area contributed by atoms with Crippen molar-refractivity contribution in [3.05, 3.63) is 65.9 Å². The molecule has 0 saturated heterocycles. The number of nitrogens with zero attached hydrogens (tertiary/aromatic N) is 2. The van der Waals surface area contributed by atoms with E-state index in [4.69, 9.17) is 0 Å². The van der Waals surface area contributed by atoms with Crippen molar-refractivity contribution in [2.75, 3.05) is 5.32 Å². The molecule has 0 amide bonds. The first-order valence-electron chi connectivity index (χ1n) is 6.93. The average Bonchev–Trinajstić information content (AvgIpc) is 2.88. The molecule has 0 spiro atoms. The lowest BCUT2D eigenvalue weighted by Crippen LogP contribution is -2.25. The molecule has 104 valence electrons. The molecule has 2 heterocycles. The lowest BCUT2D eigenvalue weighted by atomic mass is 10.0. The van der Waals surface area contributed by atoms with E-state index in [1.165, 1.54) is 0 Å². The predicted molar refractivity (Wildman–Crippen MR) is 82.3 cm³/mol. The van der Waals surface area contributed by atoms with Crippen LogP contribution in [0.4, 0.5) is 5.69 Å². The molecule has 1 aliphatic rings. The Morgan fingerprint density at radius 1 is 1.10 bits per heavy atom. The fourth-order valence-electron chi connectivity index (χ4n) is 2.87. The summed E-state index contributed by atoms with van der Waals surface area (Å²) in [6, 6.07) is 17.6. The van der Waals surface area contributed by atoms with Gasteiger partial charge >= 0.3 is 0 Å². The highest BCUT2D eigenvalue weighted by Gasteiger charge is 2.26. The Labute approximate surface area is 122 Å². The molecule has 3 aromatic rings. The molecule has 2 aromatic carbocycles. The number of fused-ring (bicyclic) bond motifs is 3. The van der Waals surface area contributed by atoms with E-state index in [1.54, 1.807) is 12.1 Å². The number of phenols is 1. The van der Waals surface area contributed by atoms with Gasteiger partial charge in [0, 0.05) is 16.8 Å². The van der Waals surface area contributed by atoms with Gasteiger partial charge in [-0.3, -0.25) is 0 Å². The highest BCUT2D eigenvalue weighted by atomic mass is 16.3. The summed E-state index contributed by atoms with van der Waals surface area (Å²) < 4.78 is 1.98. The quantitative estimate of drug-likeness (QED) is 0.715. The number of rotatable bonds is 1. The first kappa shape index (κ1) is 12.0. The smallest absolute Gasteiger partial charge is 0.147 e. The molecule has 0 fully saturated rings. The van der Waals surface area contributed by atoms with Crippen LogP contribution in [0.25, 0.3) is 11.3 Å². The largest absolute Gasteiger partial charge is 0.508 e. The molecule has 1 aliphatic heterocycles. The van der Waals surface area contributed by atoms with Gasteiger partial charge < -0.3 is 10.4 Å². The molecule has 21 heavy (non-hydrogen) atoms. The zero-order chi connectivity index (χ0) is 14.4. The molecule has 0 bridgehead atoms. The van der Waals surface area contributed by atoms with Gasteiger partial charge in [-0.1, -0.05) is 30.3 Å². The summed E-state index contributed by atoms with van der Waals surface area (Å²) in [4.78, 5) is 0. The first-order valence-corrected chi connectivity index (χ1v) is 6.93. The van der Waals surface area contributed by atoms with Gasteiger partial charge in [-0.25, -0.2) is 4.68 Å². The standard InChI is InChI=1S/C17H15N3O/c1-11-9-16-14-7-2-3-8-15(14)18-17(20(16)19-11)12-5-4-6-13(21)10-12/h2-10,17-18,21H,1H3/t17-/m1/s1. The number of aromatic hydroxyl groups is 1. The number of hydrogen-bond donors (Lipinski definition) is 2. The van der Waals surface area contributed by atoms with Crippen LogP contribution in [0, 0.1) is 6.92 Å². The second-order valence-corrected chi connectivity index (χ2v) is 5.30. The number of phenolic OH excluding ortho intramolecular Hbond substituents is 1. The average molecular weight is 277 g/mol. The molecule has 0 radical (unpaired) electrons. The minimum Gasteiger partial charge on any atom is -0.508 e. The Morgan fingerprint density at radius 2 is 1.95 bits per heavy atom. The fraction of sp³-hybridized carbons (Fsp3) is 0.118. The van der Waals surface area contributed by atoms with Crippen molar-refractivity contribution in [3.63, 3.8) is 0 Å². The number of nitrogens with one attached hydrogen (secondary N) is 1. The van der Waals surface area contributed by atoms with Crippen molar-refractivity contribution in [1.82, 2.24) is 9.78 Å². The Balaban J connectivity index is 1.92. The summed E-state index contributed by atoms with van der Waals surface area (Å²) in [7, 11) is 0. The molecule has 0 aliphatic carbocycles. The van der Waals surface area contributed by atoms with Crippen LogP contribution in [0.1, 0.15) is 17.4 Å². The van der Waals surface area contributed by atoms with Gasteiger partial charge in [0.2, 0.25) is 0 Å². The summed E-state index contributed by atoms with van der Waals surface area (Å²) >= 11 is 0. The summed E-state index contributed by atoms with van der Waals surface area (Å²) in [6.07, 6.45) is -0.115. The number of benzene rings is 2. The fourth-order valence-corrected chi connectivity index (χ4v) is 2.87. The van der Waals surface area contributed by atoms with E-state index in [0.29, 0.717) is 0 Å². The summed E-state index contributed by atoms with van der Waals surface area (Å²) in [5.74, 6) is 0.263. The Morgan fingerprint density at radius 3 is 2.81 bits per heavy atom. The molecule has 0 saturated carbocycles. The minimum absolute atomic E-state index is 0.115. The Hall–Kier alpha value is -2.75. The summed E-state index contributed by atoms with van der Waals surface area (Å²) in [6.45, 7) is 1.99. The van der Waals surface area contributed by atoms with Crippen LogP contribution in [0.3, 0.4) is 0 Å². The lowest BCUT2D eigenvalue weighted by molar-refractivity contribution is 0.472. The van der Waals surface area contributed by atoms with Gasteiger partial charge in [0.15, 0.2) is 0 Å². The van der Waals surface area contributed by atoms with E-state index in [0.717, 1.165) is 28.2 Å². The van der Waals surface area contributed by atoms with E-state index < -0.39 is 0 Å². The van der Waals surface area contributed by atoms with E-state index in [1.807, 2.05) is 35.9 Å². The maximum absolute atomic E-state index is 9.73. The molecule has 4 rings (SSSR count). The summed E-state index contributed by atoms with van der Waals surface area (Å²) in [5.41, 5.74) is 5.28. The van der Waals surface area contributed by atoms with Gasteiger partial charge in [0.1, 0.15) is 11.9 Å². The highest BCUT2D eigenvalue weighted by Crippen LogP contribution is 2.38. The van der Waals surface area contributed by atoms with Crippen molar-refractivity contribution in [2.24, 2.45) is 0 Å². The van der Waals surface area contributed by atoms with Gasteiger partial charge in [-0.15, -0.1) is 0 Å². The second-order valence-electron chi connectivity index (χ2n) is 5.30. The van der Waals surface area contributed by atoms with Crippen LogP contribution in [0.2, 0.25) is 0 Å². The third kappa shape index (κ3) is 1.88. The molecule has 4 nitrogen and oxygen atoms in total. The number of aryl methyl sites for hydroxylation is 1. The molecule has 1 atom stereocenters. The third-order valence-corrected chi connectivity index (χ3v) is 3.78.